The summed E-state index contributed by atoms with van der Waals surface area (Å²) in [6.07, 6.45) is 11.5. The maximum Gasteiger partial charge on any atom is 0.337 e. The maximum atomic E-state index is 13.2. The summed E-state index contributed by atoms with van der Waals surface area (Å²) in [5.74, 6) is -0.138. The number of carbonyl (C=O) groups excluding carboxylic acids is 1. The van der Waals surface area contributed by atoms with Crippen LogP contribution in [0.3, 0.4) is 0 Å². The van der Waals surface area contributed by atoms with Crippen LogP contribution in [0.5, 0.6) is 0 Å². The van der Waals surface area contributed by atoms with Crippen molar-refractivity contribution in [2.75, 3.05) is 14.1 Å². The van der Waals surface area contributed by atoms with Gasteiger partial charge in [0.05, 0.1) is 11.1 Å². The summed E-state index contributed by atoms with van der Waals surface area (Å²) in [6, 6.07) is 8.93. The number of amides is 1. The van der Waals surface area contributed by atoms with Gasteiger partial charge in [0.15, 0.2) is 0 Å². The molecule has 188 valence electrons. The molecule has 0 bridgehead atoms. The molecule has 3 aliphatic rings. The third-order valence-electron chi connectivity index (χ3n) is 9.03. The minimum atomic E-state index is -0.919. The first kappa shape index (κ1) is 23.1. The standard InChI is InChI=1S/C30H35N3O3/c1-17-20(29(34)32(2)3)12-13-22-26(17)25-14-19-10-7-11-21(18-8-5-4-6-9-18)28(19)33(25)16-24-23(30(35)36)15-31-27(22)24/h7,10-11,14-18,20,26,31H,4-6,8-9,12-13H2,1-3H3,(H,35,36)/t17?,20?,26-/m0/s1. The van der Waals surface area contributed by atoms with Crippen molar-refractivity contribution in [3.8, 4) is 0 Å². The van der Waals surface area contributed by atoms with Crippen LogP contribution in [0.4, 0.5) is 0 Å². The van der Waals surface area contributed by atoms with Gasteiger partial charge in [-0.05, 0) is 54.7 Å². The summed E-state index contributed by atoms with van der Waals surface area (Å²) >= 11 is 0. The monoisotopic (exact) mass is 485 g/mol. The molecule has 0 radical (unpaired) electrons. The zero-order chi connectivity index (χ0) is 25.1. The Morgan fingerprint density at radius 2 is 1.89 bits per heavy atom. The highest BCUT2D eigenvalue weighted by Gasteiger charge is 2.41. The molecular weight excluding hydrogens is 450 g/mol. The molecule has 1 amide bonds. The summed E-state index contributed by atoms with van der Waals surface area (Å²) in [5, 5.41) is 12.9. The second kappa shape index (κ2) is 8.68. The highest BCUT2D eigenvalue weighted by molar-refractivity contribution is 5.91. The fourth-order valence-corrected chi connectivity index (χ4v) is 7.28. The van der Waals surface area contributed by atoms with E-state index in [0.29, 0.717) is 11.5 Å². The molecule has 1 aromatic carbocycles. The lowest BCUT2D eigenvalue weighted by Gasteiger charge is -2.38. The van der Waals surface area contributed by atoms with Crippen molar-refractivity contribution in [3.05, 3.63) is 57.9 Å². The predicted octanol–water partition coefficient (Wildman–Crippen LogP) is 4.38. The van der Waals surface area contributed by atoms with E-state index >= 15 is 0 Å². The zero-order valence-electron chi connectivity index (χ0n) is 21.4. The molecule has 1 aliphatic heterocycles. The minimum absolute atomic E-state index is 0.0389. The summed E-state index contributed by atoms with van der Waals surface area (Å²) in [7, 11) is 3.68. The van der Waals surface area contributed by atoms with Gasteiger partial charge < -0.3 is 19.6 Å². The van der Waals surface area contributed by atoms with Crippen molar-refractivity contribution in [1.29, 1.82) is 0 Å². The average Bonchev–Trinajstić information content (AvgIpc) is 3.42. The first-order valence-corrected chi connectivity index (χ1v) is 13.4. The van der Waals surface area contributed by atoms with Crippen molar-refractivity contribution in [1.82, 2.24) is 14.5 Å². The first-order chi connectivity index (χ1) is 17.4. The third-order valence-corrected chi connectivity index (χ3v) is 9.03. The smallest absolute Gasteiger partial charge is 0.337 e. The number of carbonyl (C=O) groups is 2. The topological polar surface area (TPSA) is 78.3 Å². The van der Waals surface area contributed by atoms with Crippen molar-refractivity contribution >= 4 is 34.6 Å². The van der Waals surface area contributed by atoms with Gasteiger partial charge in [-0.3, -0.25) is 4.79 Å². The van der Waals surface area contributed by atoms with E-state index in [-0.39, 0.29) is 23.7 Å². The molecule has 2 aliphatic carbocycles. The number of hydrogen-bond donors (Lipinski definition) is 2. The predicted molar refractivity (Wildman–Crippen MR) is 141 cm³/mol. The number of para-hydroxylation sites is 1. The molecule has 0 spiro atoms. The van der Waals surface area contributed by atoms with Crippen molar-refractivity contribution in [3.63, 3.8) is 0 Å². The molecule has 3 aromatic rings. The van der Waals surface area contributed by atoms with E-state index in [1.165, 1.54) is 59.8 Å². The van der Waals surface area contributed by atoms with Crippen molar-refractivity contribution < 1.29 is 14.7 Å². The van der Waals surface area contributed by atoms with E-state index < -0.39 is 5.97 Å². The molecular formula is C30H35N3O3. The average molecular weight is 486 g/mol. The number of rotatable bonds is 3. The van der Waals surface area contributed by atoms with E-state index in [2.05, 4.69) is 46.9 Å². The first-order valence-electron chi connectivity index (χ1n) is 13.4. The maximum absolute atomic E-state index is 13.2. The van der Waals surface area contributed by atoms with Gasteiger partial charge in [-0.25, -0.2) is 4.79 Å². The lowest BCUT2D eigenvalue weighted by molar-refractivity contribution is -0.135. The van der Waals surface area contributed by atoms with Crippen LogP contribution < -0.4 is 10.6 Å². The normalized spacial score (nSPS) is 23.9. The van der Waals surface area contributed by atoms with Crippen LogP contribution >= 0.6 is 0 Å². The van der Waals surface area contributed by atoms with Crippen molar-refractivity contribution in [2.45, 2.75) is 63.7 Å². The fourth-order valence-electron chi connectivity index (χ4n) is 7.28. The molecule has 2 fully saturated rings. The number of nitrogens with one attached hydrogen (secondary N) is 1. The summed E-state index contributed by atoms with van der Waals surface area (Å²) in [5.41, 5.74) is 5.28. The third kappa shape index (κ3) is 3.45. The Labute approximate surface area is 211 Å². The lowest BCUT2D eigenvalue weighted by atomic mass is 9.68. The Morgan fingerprint density at radius 3 is 2.61 bits per heavy atom. The molecule has 2 aromatic heterocycles. The largest absolute Gasteiger partial charge is 0.478 e. The fraction of sp³-hybridized carbons (Fsp3) is 0.467. The van der Waals surface area contributed by atoms with Crippen LogP contribution in [0.15, 0.2) is 30.5 Å². The SMILES string of the molecule is CC1C(C(=O)N(C)C)CCC2=c3[nH]cc(C(=O)O)c3=Cn3c(cc4cccc(C5CCCCC5)c43)[C@H]21. The Balaban J connectivity index is 1.64. The minimum Gasteiger partial charge on any atom is -0.478 e. The van der Waals surface area contributed by atoms with Gasteiger partial charge in [-0.1, -0.05) is 44.4 Å². The van der Waals surface area contributed by atoms with Gasteiger partial charge in [0.2, 0.25) is 5.91 Å². The molecule has 6 nitrogen and oxygen atoms in total. The van der Waals surface area contributed by atoms with Crippen LogP contribution in [0, 0.1) is 11.8 Å². The van der Waals surface area contributed by atoms with Gasteiger partial charge in [-0.15, -0.1) is 0 Å². The van der Waals surface area contributed by atoms with Gasteiger partial charge in [0.1, 0.15) is 0 Å². The Hall–Kier alpha value is -3.28. The number of nitrogens with zero attached hydrogens (tertiary/aromatic N) is 2. The van der Waals surface area contributed by atoms with Gasteiger partial charge in [0, 0.05) is 60.0 Å². The molecule has 2 saturated carbocycles. The van der Waals surface area contributed by atoms with Crippen LogP contribution in [0.2, 0.25) is 0 Å². The van der Waals surface area contributed by atoms with E-state index in [4.69, 9.17) is 0 Å². The van der Waals surface area contributed by atoms with Crippen LogP contribution in [-0.2, 0) is 4.79 Å². The quantitative estimate of drug-likeness (QED) is 0.578. The molecule has 6 rings (SSSR count). The number of aromatic amines is 1. The Bertz CT molecular complexity index is 1490. The molecule has 0 saturated heterocycles. The van der Waals surface area contributed by atoms with Gasteiger partial charge in [-0.2, -0.15) is 0 Å². The second-order valence-electron chi connectivity index (χ2n) is 11.2. The van der Waals surface area contributed by atoms with E-state index in [9.17, 15) is 14.7 Å². The molecule has 36 heavy (non-hydrogen) atoms. The Morgan fingerprint density at radius 1 is 1.11 bits per heavy atom. The zero-order valence-corrected chi connectivity index (χ0v) is 21.4. The number of carboxylic acids is 1. The number of aromatic carboxylic acids is 1. The number of carboxylic acid groups (broad SMARTS) is 1. The molecule has 3 heterocycles. The highest BCUT2D eigenvalue weighted by Crippen LogP contribution is 2.48. The number of hydrogen-bond acceptors (Lipinski definition) is 2. The number of H-pyrrole nitrogens is 1. The summed E-state index contributed by atoms with van der Waals surface area (Å²) in [4.78, 5) is 30.4. The number of aromatic nitrogens is 2. The summed E-state index contributed by atoms with van der Waals surface area (Å²) in [6.45, 7) is 2.20. The molecule has 2 unspecified atom stereocenters. The highest BCUT2D eigenvalue weighted by atomic mass is 16.4. The van der Waals surface area contributed by atoms with Gasteiger partial charge in [0.25, 0.3) is 0 Å². The molecule has 3 atom stereocenters. The van der Waals surface area contributed by atoms with E-state index in [1.807, 2.05) is 14.1 Å². The Kier molecular flexibility index (Phi) is 5.58. The number of benzene rings is 1. The van der Waals surface area contributed by atoms with Gasteiger partial charge >= 0.3 is 5.97 Å². The van der Waals surface area contributed by atoms with Crippen molar-refractivity contribution in [2.24, 2.45) is 11.8 Å². The number of fused-ring (bicyclic) bond motifs is 6. The molecule has 2 N–H and O–H groups in total. The van der Waals surface area contributed by atoms with Crippen LogP contribution in [0.1, 0.15) is 85.3 Å². The second-order valence-corrected chi connectivity index (χ2v) is 11.2. The van der Waals surface area contributed by atoms with E-state index in [1.54, 1.807) is 11.1 Å². The van der Waals surface area contributed by atoms with Crippen LogP contribution in [-0.4, -0.2) is 45.5 Å². The van der Waals surface area contributed by atoms with E-state index in [0.717, 1.165) is 23.4 Å². The lowest BCUT2D eigenvalue weighted by Crippen LogP contribution is -2.40. The molecule has 6 heteroatoms. The summed E-state index contributed by atoms with van der Waals surface area (Å²) < 4.78 is 2.29. The van der Waals surface area contributed by atoms with Crippen LogP contribution in [0.25, 0.3) is 22.7 Å².